The van der Waals surface area contributed by atoms with Gasteiger partial charge in [0.2, 0.25) is 0 Å². The Morgan fingerprint density at radius 2 is 2.07 bits per heavy atom. The van der Waals surface area contributed by atoms with E-state index in [9.17, 15) is 0 Å². The molecule has 4 N–H and O–H groups in total. The van der Waals surface area contributed by atoms with Crippen LogP contribution in [0, 0.1) is 30.1 Å². The third-order valence-electron chi connectivity index (χ3n) is 1.82. The van der Waals surface area contributed by atoms with Gasteiger partial charge in [0, 0.05) is 5.56 Å². The summed E-state index contributed by atoms with van der Waals surface area (Å²) in [5.41, 5.74) is 14.2. The minimum Gasteiger partial charge on any atom is -0.397 e. The van der Waals surface area contributed by atoms with E-state index >= 15 is 0 Å². The lowest BCUT2D eigenvalue weighted by Gasteiger charge is -2.04. The highest BCUT2D eigenvalue weighted by Gasteiger charge is 1.99. The van der Waals surface area contributed by atoms with Gasteiger partial charge >= 0.3 is 0 Å². The van der Waals surface area contributed by atoms with Crippen molar-refractivity contribution in [2.75, 3.05) is 11.5 Å². The molecule has 0 saturated carbocycles. The van der Waals surface area contributed by atoms with E-state index in [2.05, 4.69) is 11.8 Å². The number of anilines is 2. The molecule has 0 radical (unpaired) electrons. The smallest absolute Gasteiger partial charge is 0.0966 e. The number of nitrogens with zero attached hydrogens (tertiary/aromatic N) is 1. The molecule has 0 aliphatic rings. The second-order valence-corrected chi connectivity index (χ2v) is 2.93. The topological polar surface area (TPSA) is 75.8 Å². The second kappa shape index (κ2) is 4.20. The molecule has 0 amide bonds. The molecule has 14 heavy (non-hydrogen) atoms. The van der Waals surface area contributed by atoms with Gasteiger partial charge in [0.05, 0.1) is 23.9 Å². The van der Waals surface area contributed by atoms with Crippen LogP contribution < -0.4 is 11.5 Å². The van der Waals surface area contributed by atoms with Crippen molar-refractivity contribution in [3.63, 3.8) is 0 Å². The van der Waals surface area contributed by atoms with Crippen LogP contribution in [-0.4, -0.2) is 0 Å². The largest absolute Gasteiger partial charge is 0.397 e. The van der Waals surface area contributed by atoms with Gasteiger partial charge in [0.15, 0.2) is 0 Å². The van der Waals surface area contributed by atoms with E-state index < -0.39 is 0 Å². The minimum absolute atomic E-state index is 0.226. The van der Waals surface area contributed by atoms with Crippen LogP contribution in [0.4, 0.5) is 11.4 Å². The molecule has 0 aliphatic carbocycles. The summed E-state index contributed by atoms with van der Waals surface area (Å²) in [5.74, 6) is 5.56. The molecule has 3 nitrogen and oxygen atoms in total. The molecule has 70 valence electrons. The number of benzene rings is 1. The van der Waals surface area contributed by atoms with Gasteiger partial charge in [-0.15, -0.1) is 0 Å². The van der Waals surface area contributed by atoms with Crippen LogP contribution in [0.25, 0.3) is 0 Å². The zero-order valence-electron chi connectivity index (χ0n) is 7.96. The van der Waals surface area contributed by atoms with Crippen molar-refractivity contribution in [1.82, 2.24) is 0 Å². The second-order valence-electron chi connectivity index (χ2n) is 2.93. The zero-order valence-corrected chi connectivity index (χ0v) is 7.96. The van der Waals surface area contributed by atoms with Crippen LogP contribution in [0.2, 0.25) is 0 Å². The van der Waals surface area contributed by atoms with Gasteiger partial charge in [-0.3, -0.25) is 0 Å². The molecule has 0 bridgehead atoms. The maximum Gasteiger partial charge on any atom is 0.0966 e. The molecule has 1 rings (SSSR count). The van der Waals surface area contributed by atoms with Crippen LogP contribution in [0.1, 0.15) is 17.5 Å². The van der Waals surface area contributed by atoms with Gasteiger partial charge in [0.1, 0.15) is 0 Å². The maximum absolute atomic E-state index is 8.30. The number of hydrogen-bond acceptors (Lipinski definition) is 3. The van der Waals surface area contributed by atoms with E-state index in [-0.39, 0.29) is 6.42 Å². The summed E-state index contributed by atoms with van der Waals surface area (Å²) in [7, 11) is 0. The lowest BCUT2D eigenvalue weighted by molar-refractivity contribution is 1.39. The Bertz CT molecular complexity index is 421. The Morgan fingerprint density at radius 1 is 1.36 bits per heavy atom. The summed E-state index contributed by atoms with van der Waals surface area (Å²) in [6.45, 7) is 1.88. The molecule has 0 aromatic heterocycles. The van der Waals surface area contributed by atoms with Crippen LogP contribution >= 0.6 is 0 Å². The van der Waals surface area contributed by atoms with E-state index in [1.807, 2.05) is 19.1 Å². The molecule has 1 aromatic rings. The van der Waals surface area contributed by atoms with Crippen molar-refractivity contribution < 1.29 is 0 Å². The molecule has 1 aromatic carbocycles. The molecule has 3 heteroatoms. The number of hydrogen-bond donors (Lipinski definition) is 2. The fraction of sp³-hybridized carbons (Fsp3) is 0.182. The average molecular weight is 185 g/mol. The van der Waals surface area contributed by atoms with Gasteiger partial charge in [-0.2, -0.15) is 5.26 Å². The molecule has 0 fully saturated rings. The highest BCUT2D eigenvalue weighted by molar-refractivity contribution is 5.69. The lowest BCUT2D eigenvalue weighted by atomic mass is 10.1. The maximum atomic E-state index is 8.30. The summed E-state index contributed by atoms with van der Waals surface area (Å²) < 4.78 is 0. The SMILES string of the molecule is Cc1cc(C#CCC#N)cc(N)c1N. The Balaban J connectivity index is 3.04. The zero-order chi connectivity index (χ0) is 10.6. The van der Waals surface area contributed by atoms with Gasteiger partial charge in [-0.05, 0) is 24.6 Å². The summed E-state index contributed by atoms with van der Waals surface area (Å²) in [5, 5.41) is 8.30. The Kier molecular flexibility index (Phi) is 2.99. The van der Waals surface area contributed by atoms with Crippen molar-refractivity contribution in [3.8, 4) is 17.9 Å². The number of aryl methyl sites for hydroxylation is 1. The highest BCUT2D eigenvalue weighted by atomic mass is 14.7. The van der Waals surface area contributed by atoms with Crippen LogP contribution in [0.15, 0.2) is 12.1 Å². The first-order valence-electron chi connectivity index (χ1n) is 4.16. The number of rotatable bonds is 0. The first-order valence-corrected chi connectivity index (χ1v) is 4.16. The van der Waals surface area contributed by atoms with Crippen LogP contribution in [0.3, 0.4) is 0 Å². The average Bonchev–Trinajstić information content (AvgIpc) is 2.14. The Hall–Kier alpha value is -2.13. The van der Waals surface area contributed by atoms with Crippen molar-refractivity contribution in [3.05, 3.63) is 23.3 Å². The Morgan fingerprint density at radius 3 is 2.64 bits per heavy atom. The molecular weight excluding hydrogens is 174 g/mol. The molecule has 0 saturated heterocycles. The molecule has 0 heterocycles. The first kappa shape index (κ1) is 9.95. The third-order valence-corrected chi connectivity index (χ3v) is 1.82. The van der Waals surface area contributed by atoms with Crippen molar-refractivity contribution in [2.24, 2.45) is 0 Å². The lowest BCUT2D eigenvalue weighted by Crippen LogP contribution is -1.97. The fourth-order valence-corrected chi connectivity index (χ4v) is 1.08. The number of nitrogen functional groups attached to an aromatic ring is 2. The minimum atomic E-state index is 0.226. The molecule has 0 spiro atoms. The summed E-state index contributed by atoms with van der Waals surface area (Å²) in [4.78, 5) is 0. The molecule has 0 atom stereocenters. The van der Waals surface area contributed by atoms with E-state index in [0.29, 0.717) is 11.4 Å². The van der Waals surface area contributed by atoms with Gasteiger partial charge < -0.3 is 11.5 Å². The normalized spacial score (nSPS) is 8.57. The van der Waals surface area contributed by atoms with E-state index in [1.54, 1.807) is 6.07 Å². The molecule has 0 unspecified atom stereocenters. The van der Waals surface area contributed by atoms with Crippen LogP contribution in [-0.2, 0) is 0 Å². The van der Waals surface area contributed by atoms with E-state index in [1.165, 1.54) is 0 Å². The van der Waals surface area contributed by atoms with Crippen LogP contribution in [0.5, 0.6) is 0 Å². The summed E-state index contributed by atoms with van der Waals surface area (Å²) in [6.07, 6.45) is 0.226. The van der Waals surface area contributed by atoms with Gasteiger partial charge in [-0.1, -0.05) is 11.8 Å². The highest BCUT2D eigenvalue weighted by Crippen LogP contribution is 2.20. The standard InChI is InChI=1S/C11H11N3/c1-8-6-9(4-2-3-5-12)7-10(13)11(8)14/h6-7H,3,13-14H2,1H3. The monoisotopic (exact) mass is 185 g/mol. The Labute approximate surface area is 83.3 Å². The van der Waals surface area contributed by atoms with Gasteiger partial charge in [0.25, 0.3) is 0 Å². The number of nitrogens with two attached hydrogens (primary N) is 2. The predicted molar refractivity (Wildman–Crippen MR) is 57.1 cm³/mol. The van der Waals surface area contributed by atoms with E-state index in [0.717, 1.165) is 11.1 Å². The quantitative estimate of drug-likeness (QED) is 0.474. The fourth-order valence-electron chi connectivity index (χ4n) is 1.08. The van der Waals surface area contributed by atoms with Gasteiger partial charge in [-0.25, -0.2) is 0 Å². The summed E-state index contributed by atoms with van der Waals surface area (Å²) in [6, 6.07) is 5.52. The van der Waals surface area contributed by atoms with Crippen molar-refractivity contribution >= 4 is 11.4 Å². The summed E-state index contributed by atoms with van der Waals surface area (Å²) >= 11 is 0. The molecular formula is C11H11N3. The predicted octanol–water partition coefficient (Wildman–Crippen LogP) is 1.42. The van der Waals surface area contributed by atoms with Crippen molar-refractivity contribution in [1.29, 1.82) is 5.26 Å². The first-order chi connectivity index (χ1) is 6.65. The molecule has 0 aliphatic heterocycles. The van der Waals surface area contributed by atoms with Crippen molar-refractivity contribution in [2.45, 2.75) is 13.3 Å². The number of nitriles is 1. The third kappa shape index (κ3) is 2.18. The van der Waals surface area contributed by atoms with E-state index in [4.69, 9.17) is 16.7 Å².